The minimum absolute atomic E-state index is 0.0769. The van der Waals surface area contributed by atoms with Crippen LogP contribution in [0.15, 0.2) is 72.8 Å². The van der Waals surface area contributed by atoms with Crippen molar-refractivity contribution in [3.63, 3.8) is 0 Å². The monoisotopic (exact) mass is 446 g/mol. The van der Waals surface area contributed by atoms with Gasteiger partial charge in [0.2, 0.25) is 18.2 Å². The molecule has 0 aromatic heterocycles. The van der Waals surface area contributed by atoms with Crippen LogP contribution in [0.25, 0.3) is 5.57 Å². The van der Waals surface area contributed by atoms with Gasteiger partial charge in [0.25, 0.3) is 5.79 Å². The second kappa shape index (κ2) is 7.16. The van der Waals surface area contributed by atoms with Crippen molar-refractivity contribution in [3.05, 3.63) is 95.3 Å². The summed E-state index contributed by atoms with van der Waals surface area (Å²) in [5.41, 5.74) is 0.416. The molecule has 2 atom stereocenters. The number of hydrogen-bond acceptors (Lipinski definition) is 6. The van der Waals surface area contributed by atoms with Gasteiger partial charge in [-0.15, -0.1) is 0 Å². The zero-order valence-corrected chi connectivity index (χ0v) is 17.7. The average Bonchev–Trinajstić information content (AvgIpc) is 3.50. The van der Waals surface area contributed by atoms with Crippen molar-refractivity contribution in [1.29, 1.82) is 0 Å². The number of ketones is 1. The zero-order chi connectivity index (χ0) is 22.6. The lowest BCUT2D eigenvalue weighted by molar-refractivity contribution is -0.254. The van der Waals surface area contributed by atoms with E-state index in [0.29, 0.717) is 22.6 Å². The van der Waals surface area contributed by atoms with Crippen LogP contribution >= 0.6 is 0 Å². The lowest BCUT2D eigenvalue weighted by atomic mass is 9.72. The summed E-state index contributed by atoms with van der Waals surface area (Å²) in [6.07, 6.45) is 1.85. The standard InChI is InChI=1S/C26H19FO6/c1-29-26(17-7-10-21-23(13-17)31-15-30-21)25(20(11-12-32-25)16-5-3-2-4-6-16)24(28)19-9-8-18(27)14-22(19)33-26/h2-11,13-14H,12,15H2,1H3/t25-,26+/m1/s1. The van der Waals surface area contributed by atoms with E-state index >= 15 is 0 Å². The zero-order valence-electron chi connectivity index (χ0n) is 17.7. The number of rotatable bonds is 3. The van der Waals surface area contributed by atoms with Gasteiger partial charge in [-0.25, -0.2) is 4.39 Å². The SMILES string of the molecule is CO[C@@]1(c2ccc3c(c2)OCO3)Oc2cc(F)ccc2C(=O)[C@@]12OCC=C2c1ccccc1. The van der Waals surface area contributed by atoms with Crippen molar-refractivity contribution in [1.82, 2.24) is 0 Å². The molecular formula is C26H19FO6. The minimum Gasteiger partial charge on any atom is -0.454 e. The Labute approximate surface area is 189 Å². The summed E-state index contributed by atoms with van der Waals surface area (Å²) in [4.78, 5) is 14.2. The molecule has 6 rings (SSSR count). The lowest BCUT2D eigenvalue weighted by Crippen LogP contribution is -2.64. The summed E-state index contributed by atoms with van der Waals surface area (Å²) in [5, 5.41) is 0. The van der Waals surface area contributed by atoms with Gasteiger partial charge in [-0.1, -0.05) is 36.4 Å². The summed E-state index contributed by atoms with van der Waals surface area (Å²) >= 11 is 0. The summed E-state index contributed by atoms with van der Waals surface area (Å²) in [6, 6.07) is 18.5. The molecule has 0 unspecified atom stereocenters. The van der Waals surface area contributed by atoms with Crippen LogP contribution in [0.1, 0.15) is 21.5 Å². The molecule has 0 radical (unpaired) electrons. The van der Waals surface area contributed by atoms with E-state index in [1.165, 1.54) is 25.3 Å². The van der Waals surface area contributed by atoms with E-state index in [2.05, 4.69) is 0 Å². The van der Waals surface area contributed by atoms with Gasteiger partial charge in [-0.05, 0) is 35.9 Å². The maximum atomic E-state index is 14.2. The second-order valence-electron chi connectivity index (χ2n) is 7.94. The third kappa shape index (κ3) is 2.63. The number of halogens is 1. The second-order valence-corrected chi connectivity index (χ2v) is 7.94. The summed E-state index contributed by atoms with van der Waals surface area (Å²) in [5.74, 6) is -1.53. The molecule has 3 aliphatic rings. The molecule has 3 aliphatic heterocycles. The number of Topliss-reactive ketones (excluding diaryl/α,β-unsaturated/α-hetero) is 1. The molecule has 0 aliphatic carbocycles. The number of methoxy groups -OCH3 is 1. The highest BCUT2D eigenvalue weighted by molar-refractivity contribution is 6.15. The van der Waals surface area contributed by atoms with Crippen molar-refractivity contribution >= 4 is 11.4 Å². The van der Waals surface area contributed by atoms with Crippen molar-refractivity contribution in [2.24, 2.45) is 0 Å². The maximum absolute atomic E-state index is 14.2. The summed E-state index contributed by atoms with van der Waals surface area (Å²) in [6.45, 7) is 0.259. The van der Waals surface area contributed by atoms with E-state index in [4.69, 9.17) is 23.7 Å². The Morgan fingerprint density at radius 3 is 2.58 bits per heavy atom. The van der Waals surface area contributed by atoms with Gasteiger partial charge < -0.3 is 23.7 Å². The fraction of sp³-hybridized carbons (Fsp3) is 0.192. The van der Waals surface area contributed by atoms with Crippen LogP contribution in [0.3, 0.4) is 0 Å². The van der Waals surface area contributed by atoms with Gasteiger partial charge in [0.1, 0.15) is 11.6 Å². The molecule has 3 aromatic rings. The van der Waals surface area contributed by atoms with E-state index in [1.54, 1.807) is 18.2 Å². The molecule has 1 spiro atoms. The highest BCUT2D eigenvalue weighted by atomic mass is 19.1. The Bertz CT molecular complexity index is 1300. The van der Waals surface area contributed by atoms with Crippen LogP contribution in [-0.4, -0.2) is 31.9 Å². The van der Waals surface area contributed by atoms with Crippen molar-refractivity contribution in [3.8, 4) is 17.2 Å². The highest BCUT2D eigenvalue weighted by Gasteiger charge is 2.68. The van der Waals surface area contributed by atoms with Crippen LogP contribution in [0.4, 0.5) is 4.39 Å². The lowest BCUT2D eigenvalue weighted by Gasteiger charge is -2.49. The molecule has 0 saturated heterocycles. The summed E-state index contributed by atoms with van der Waals surface area (Å²) in [7, 11) is 1.44. The first-order chi connectivity index (χ1) is 16.1. The van der Waals surface area contributed by atoms with E-state index in [1.807, 2.05) is 36.4 Å². The van der Waals surface area contributed by atoms with Gasteiger partial charge in [0.05, 0.1) is 12.2 Å². The number of carbonyl (C=O) groups is 1. The van der Waals surface area contributed by atoms with Gasteiger partial charge >= 0.3 is 0 Å². The molecule has 0 saturated carbocycles. The van der Waals surface area contributed by atoms with Crippen LogP contribution in [0.2, 0.25) is 0 Å². The maximum Gasteiger partial charge on any atom is 0.278 e. The normalized spacial score (nSPS) is 25.0. The van der Waals surface area contributed by atoms with Crippen molar-refractivity contribution in [2.75, 3.05) is 20.5 Å². The third-order valence-electron chi connectivity index (χ3n) is 6.32. The van der Waals surface area contributed by atoms with E-state index in [9.17, 15) is 9.18 Å². The topological polar surface area (TPSA) is 63.2 Å². The largest absolute Gasteiger partial charge is 0.454 e. The fourth-order valence-corrected chi connectivity index (χ4v) is 4.87. The molecule has 3 heterocycles. The molecule has 0 N–H and O–H groups in total. The number of fused-ring (bicyclic) bond motifs is 2. The first kappa shape index (κ1) is 20.0. The molecule has 0 amide bonds. The molecule has 6 nitrogen and oxygen atoms in total. The molecule has 33 heavy (non-hydrogen) atoms. The minimum atomic E-state index is -1.76. The van der Waals surface area contributed by atoms with E-state index in [0.717, 1.165) is 5.56 Å². The third-order valence-corrected chi connectivity index (χ3v) is 6.32. The van der Waals surface area contributed by atoms with Gasteiger partial charge in [0, 0.05) is 24.3 Å². The Balaban J connectivity index is 1.65. The smallest absolute Gasteiger partial charge is 0.278 e. The molecule has 0 bridgehead atoms. The molecule has 166 valence electrons. The molecule has 0 fully saturated rings. The Morgan fingerprint density at radius 2 is 1.76 bits per heavy atom. The fourth-order valence-electron chi connectivity index (χ4n) is 4.87. The molecule has 3 aromatic carbocycles. The first-order valence-corrected chi connectivity index (χ1v) is 10.5. The van der Waals surface area contributed by atoms with Crippen molar-refractivity contribution < 1.29 is 32.9 Å². The van der Waals surface area contributed by atoms with E-state index in [-0.39, 0.29) is 30.5 Å². The number of ether oxygens (including phenoxy) is 5. The van der Waals surface area contributed by atoms with E-state index < -0.39 is 17.2 Å². The highest BCUT2D eigenvalue weighted by Crippen LogP contribution is 2.56. The molecule has 7 heteroatoms. The Kier molecular flexibility index (Phi) is 4.33. The predicted molar refractivity (Wildman–Crippen MR) is 116 cm³/mol. The van der Waals surface area contributed by atoms with Crippen LogP contribution in [-0.2, 0) is 15.3 Å². The average molecular weight is 446 g/mol. The van der Waals surface area contributed by atoms with Crippen LogP contribution in [0.5, 0.6) is 17.2 Å². The molecular weight excluding hydrogens is 427 g/mol. The van der Waals surface area contributed by atoms with Gasteiger partial charge in [-0.2, -0.15) is 0 Å². The van der Waals surface area contributed by atoms with Gasteiger partial charge in [0.15, 0.2) is 11.5 Å². The number of benzene rings is 3. The van der Waals surface area contributed by atoms with Gasteiger partial charge in [-0.3, -0.25) is 4.79 Å². The first-order valence-electron chi connectivity index (χ1n) is 10.5. The Morgan fingerprint density at radius 1 is 0.939 bits per heavy atom. The van der Waals surface area contributed by atoms with Crippen LogP contribution in [0, 0.1) is 5.82 Å². The predicted octanol–water partition coefficient (Wildman–Crippen LogP) is 4.48. The number of carbonyl (C=O) groups excluding carboxylic acids is 1. The quantitative estimate of drug-likeness (QED) is 0.591. The van der Waals surface area contributed by atoms with Crippen molar-refractivity contribution in [2.45, 2.75) is 11.4 Å². The summed E-state index contributed by atoms with van der Waals surface area (Å²) < 4.78 is 43.9. The number of hydrogen-bond donors (Lipinski definition) is 0. The van der Waals surface area contributed by atoms with Crippen LogP contribution < -0.4 is 14.2 Å². The Hall–Kier alpha value is -3.68.